The molecule has 0 saturated carbocycles. The third kappa shape index (κ3) is 4.92. The van der Waals surface area contributed by atoms with Crippen molar-refractivity contribution < 1.29 is 0 Å². The Morgan fingerprint density at radius 1 is 0.794 bits per heavy atom. The lowest BCUT2D eigenvalue weighted by atomic mass is 9.96. The molecule has 4 rings (SSSR count). The van der Waals surface area contributed by atoms with E-state index in [0.29, 0.717) is 0 Å². The summed E-state index contributed by atoms with van der Waals surface area (Å²) in [6.45, 7) is 20.3. The number of aryl methyl sites for hydroxylation is 5. The van der Waals surface area contributed by atoms with Crippen molar-refractivity contribution in [3.05, 3.63) is 136 Å². The maximum Gasteiger partial charge on any atom is 0.0476 e. The zero-order chi connectivity index (χ0) is 24.4. The third-order valence-electron chi connectivity index (χ3n) is 6.79. The molecular formula is C32H34N2. The minimum atomic E-state index is 0.780. The van der Waals surface area contributed by atoms with Gasteiger partial charge in [0, 0.05) is 35.4 Å². The second kappa shape index (κ2) is 9.61. The molecule has 0 aromatic heterocycles. The fourth-order valence-corrected chi connectivity index (χ4v) is 4.27. The molecule has 0 aliphatic carbocycles. The summed E-state index contributed by atoms with van der Waals surface area (Å²) < 4.78 is 0. The van der Waals surface area contributed by atoms with Crippen molar-refractivity contribution in [1.29, 1.82) is 0 Å². The van der Waals surface area contributed by atoms with Gasteiger partial charge in [0.05, 0.1) is 0 Å². The van der Waals surface area contributed by atoms with Crippen molar-refractivity contribution in [2.45, 2.75) is 41.2 Å². The first-order valence-electron chi connectivity index (χ1n) is 11.8. The lowest BCUT2D eigenvalue weighted by Gasteiger charge is -2.29. The van der Waals surface area contributed by atoms with E-state index in [0.717, 1.165) is 29.2 Å². The molecule has 1 heterocycles. The maximum atomic E-state index is 4.38. The number of benzene rings is 3. The van der Waals surface area contributed by atoms with Gasteiger partial charge >= 0.3 is 0 Å². The Morgan fingerprint density at radius 3 is 2.18 bits per heavy atom. The minimum Gasteiger partial charge on any atom is -0.355 e. The van der Waals surface area contributed by atoms with Crippen molar-refractivity contribution in [2.75, 3.05) is 5.32 Å². The second-order valence-electron chi connectivity index (χ2n) is 9.35. The smallest absolute Gasteiger partial charge is 0.0476 e. The predicted octanol–water partition coefficient (Wildman–Crippen LogP) is 8.29. The van der Waals surface area contributed by atoms with Gasteiger partial charge in [-0.15, -0.1) is 0 Å². The Bertz CT molecular complexity index is 1340. The largest absolute Gasteiger partial charge is 0.355 e. The standard InChI is InChI=1S/C32H34N2/c1-21-10-13-28(17-24(21)4)20-34-16-8-9-31(27(34)7)26(6)33-30-15-12-23(3)32(19-30)29-14-11-22(2)25(5)18-29/h8-19,33H,6-7,20H2,1-5H3. The topological polar surface area (TPSA) is 15.3 Å². The highest BCUT2D eigenvalue weighted by molar-refractivity contribution is 5.73. The van der Waals surface area contributed by atoms with Crippen molar-refractivity contribution in [2.24, 2.45) is 0 Å². The van der Waals surface area contributed by atoms with Crippen molar-refractivity contribution >= 4 is 5.69 Å². The molecule has 1 aliphatic heterocycles. The van der Waals surface area contributed by atoms with Crippen LogP contribution in [0, 0.1) is 34.6 Å². The Labute approximate surface area is 204 Å². The highest BCUT2D eigenvalue weighted by Gasteiger charge is 2.17. The molecule has 1 N–H and O–H groups in total. The van der Waals surface area contributed by atoms with Crippen LogP contribution in [0.1, 0.15) is 33.4 Å². The molecule has 0 saturated heterocycles. The van der Waals surface area contributed by atoms with E-state index in [1.165, 1.54) is 44.5 Å². The van der Waals surface area contributed by atoms with Crippen LogP contribution in [-0.4, -0.2) is 4.90 Å². The van der Waals surface area contributed by atoms with Crippen LogP contribution in [0.25, 0.3) is 11.1 Å². The number of nitrogens with zero attached hydrogens (tertiary/aromatic N) is 1. The third-order valence-corrected chi connectivity index (χ3v) is 6.79. The Balaban J connectivity index is 1.51. The van der Waals surface area contributed by atoms with Gasteiger partial charge in [-0.3, -0.25) is 0 Å². The molecule has 0 radical (unpaired) electrons. The molecule has 0 bridgehead atoms. The fraction of sp³-hybridized carbons (Fsp3) is 0.188. The van der Waals surface area contributed by atoms with Crippen molar-refractivity contribution in [3.63, 3.8) is 0 Å². The highest BCUT2D eigenvalue weighted by atomic mass is 15.1. The highest BCUT2D eigenvalue weighted by Crippen LogP contribution is 2.31. The zero-order valence-corrected chi connectivity index (χ0v) is 21.0. The van der Waals surface area contributed by atoms with E-state index in [2.05, 4.69) is 131 Å². The van der Waals surface area contributed by atoms with E-state index < -0.39 is 0 Å². The van der Waals surface area contributed by atoms with Crippen LogP contribution in [0.2, 0.25) is 0 Å². The van der Waals surface area contributed by atoms with Gasteiger partial charge in [-0.05, 0) is 103 Å². The summed E-state index contributed by atoms with van der Waals surface area (Å²) >= 11 is 0. The normalized spacial score (nSPS) is 13.1. The average molecular weight is 447 g/mol. The van der Waals surface area contributed by atoms with E-state index in [9.17, 15) is 0 Å². The van der Waals surface area contributed by atoms with E-state index >= 15 is 0 Å². The van der Waals surface area contributed by atoms with Crippen LogP contribution >= 0.6 is 0 Å². The fourth-order valence-electron chi connectivity index (χ4n) is 4.27. The molecule has 0 fully saturated rings. The maximum absolute atomic E-state index is 4.38. The molecule has 3 aromatic carbocycles. The van der Waals surface area contributed by atoms with Crippen LogP contribution < -0.4 is 5.32 Å². The Hall–Kier alpha value is -3.78. The second-order valence-corrected chi connectivity index (χ2v) is 9.35. The SMILES string of the molecule is C=C(Nc1ccc(C)c(-c2ccc(C)c(C)c2)c1)C1=CC=CN(Cc2ccc(C)c(C)c2)C1=C. The van der Waals surface area contributed by atoms with Gasteiger partial charge in [0.1, 0.15) is 0 Å². The first-order chi connectivity index (χ1) is 16.2. The minimum absolute atomic E-state index is 0.780. The summed E-state index contributed by atoms with van der Waals surface area (Å²) in [5.41, 5.74) is 14.0. The quantitative estimate of drug-likeness (QED) is 0.410. The van der Waals surface area contributed by atoms with Gasteiger partial charge in [0.2, 0.25) is 0 Å². The lowest BCUT2D eigenvalue weighted by molar-refractivity contribution is 0.466. The molecule has 1 aliphatic rings. The van der Waals surface area contributed by atoms with Gasteiger partial charge in [-0.1, -0.05) is 55.6 Å². The van der Waals surface area contributed by atoms with Gasteiger partial charge in [0.15, 0.2) is 0 Å². The van der Waals surface area contributed by atoms with Crippen LogP contribution in [0.3, 0.4) is 0 Å². The van der Waals surface area contributed by atoms with Crippen molar-refractivity contribution in [1.82, 2.24) is 4.90 Å². The predicted molar refractivity (Wildman–Crippen MR) is 147 cm³/mol. The van der Waals surface area contributed by atoms with E-state index in [1.807, 2.05) is 0 Å². The number of hydrogen-bond acceptors (Lipinski definition) is 2. The summed E-state index contributed by atoms with van der Waals surface area (Å²) in [4.78, 5) is 2.18. The summed E-state index contributed by atoms with van der Waals surface area (Å²) in [6, 6.07) is 19.8. The Morgan fingerprint density at radius 2 is 1.47 bits per heavy atom. The number of nitrogens with one attached hydrogen (secondary N) is 1. The zero-order valence-electron chi connectivity index (χ0n) is 21.0. The van der Waals surface area contributed by atoms with Crippen molar-refractivity contribution in [3.8, 4) is 11.1 Å². The molecule has 0 atom stereocenters. The molecule has 0 amide bonds. The van der Waals surface area contributed by atoms with Gasteiger partial charge in [-0.2, -0.15) is 0 Å². The van der Waals surface area contributed by atoms with Crippen LogP contribution in [-0.2, 0) is 6.54 Å². The Kier molecular flexibility index (Phi) is 6.61. The monoisotopic (exact) mass is 446 g/mol. The molecule has 172 valence electrons. The first kappa shape index (κ1) is 23.4. The van der Waals surface area contributed by atoms with E-state index in [4.69, 9.17) is 0 Å². The molecular weight excluding hydrogens is 412 g/mol. The number of rotatable bonds is 6. The summed E-state index contributed by atoms with van der Waals surface area (Å²) in [6.07, 6.45) is 6.22. The summed E-state index contributed by atoms with van der Waals surface area (Å²) in [7, 11) is 0. The van der Waals surface area contributed by atoms with E-state index in [1.54, 1.807) is 0 Å². The molecule has 0 unspecified atom stereocenters. The average Bonchev–Trinajstić information content (AvgIpc) is 2.81. The van der Waals surface area contributed by atoms with Crippen LogP contribution in [0.15, 0.2) is 103 Å². The number of anilines is 1. The summed E-state index contributed by atoms with van der Waals surface area (Å²) in [5.74, 6) is 0. The van der Waals surface area contributed by atoms with Crippen LogP contribution in [0.4, 0.5) is 5.69 Å². The molecule has 2 heteroatoms. The van der Waals surface area contributed by atoms with Gasteiger partial charge in [-0.25, -0.2) is 0 Å². The van der Waals surface area contributed by atoms with Gasteiger partial charge < -0.3 is 10.2 Å². The van der Waals surface area contributed by atoms with E-state index in [-0.39, 0.29) is 0 Å². The first-order valence-corrected chi connectivity index (χ1v) is 11.8. The molecule has 0 spiro atoms. The number of allylic oxidation sites excluding steroid dienone is 2. The summed E-state index contributed by atoms with van der Waals surface area (Å²) in [5, 5.41) is 3.52. The lowest BCUT2D eigenvalue weighted by Crippen LogP contribution is -2.21. The number of hydrogen-bond donors (Lipinski definition) is 1. The van der Waals surface area contributed by atoms with Crippen LogP contribution in [0.5, 0.6) is 0 Å². The van der Waals surface area contributed by atoms with Gasteiger partial charge in [0.25, 0.3) is 0 Å². The molecule has 34 heavy (non-hydrogen) atoms. The molecule has 2 nitrogen and oxygen atoms in total. The molecule has 3 aromatic rings.